The fraction of sp³-hybridized carbons (Fsp3) is 0.929. The standard InChI is InChI=1S/C14H30N4O/c1-4-19-11-5-10-16-13(18-15)17-12-6-8-14(2,3)9-7-12/h12H,4-11,15H2,1-3H3,(H2,16,17,18). The summed E-state index contributed by atoms with van der Waals surface area (Å²) in [6.45, 7) is 8.95. The molecule has 4 N–H and O–H groups in total. The lowest BCUT2D eigenvalue weighted by Gasteiger charge is -2.35. The first-order valence-electron chi connectivity index (χ1n) is 7.43. The summed E-state index contributed by atoms with van der Waals surface area (Å²) in [6.07, 6.45) is 5.82. The van der Waals surface area contributed by atoms with Crippen LogP contribution in [0.1, 0.15) is 52.9 Å². The second kappa shape index (κ2) is 8.38. The van der Waals surface area contributed by atoms with Crippen molar-refractivity contribution in [2.45, 2.75) is 58.9 Å². The van der Waals surface area contributed by atoms with Crippen molar-refractivity contribution in [2.75, 3.05) is 19.8 Å². The summed E-state index contributed by atoms with van der Waals surface area (Å²) in [4.78, 5) is 4.43. The molecule has 0 heterocycles. The number of aliphatic imine (C=N–C) groups is 1. The first-order chi connectivity index (χ1) is 9.07. The van der Waals surface area contributed by atoms with Crippen LogP contribution in [0.15, 0.2) is 4.99 Å². The second-order valence-corrected chi connectivity index (χ2v) is 6.01. The fourth-order valence-corrected chi connectivity index (χ4v) is 2.37. The van der Waals surface area contributed by atoms with Gasteiger partial charge in [0.15, 0.2) is 0 Å². The Morgan fingerprint density at radius 3 is 2.63 bits per heavy atom. The van der Waals surface area contributed by atoms with Gasteiger partial charge in [0.05, 0.1) is 0 Å². The maximum Gasteiger partial charge on any atom is 0.205 e. The van der Waals surface area contributed by atoms with Crippen molar-refractivity contribution in [2.24, 2.45) is 16.3 Å². The van der Waals surface area contributed by atoms with Crippen molar-refractivity contribution in [3.63, 3.8) is 0 Å². The molecule has 0 atom stereocenters. The van der Waals surface area contributed by atoms with Crippen LogP contribution in [0.25, 0.3) is 0 Å². The third-order valence-electron chi connectivity index (χ3n) is 3.74. The zero-order valence-corrected chi connectivity index (χ0v) is 12.7. The fourth-order valence-electron chi connectivity index (χ4n) is 2.37. The third kappa shape index (κ3) is 6.78. The van der Waals surface area contributed by atoms with Gasteiger partial charge >= 0.3 is 0 Å². The van der Waals surface area contributed by atoms with Gasteiger partial charge in [0.2, 0.25) is 5.96 Å². The van der Waals surface area contributed by atoms with E-state index in [0.717, 1.165) is 26.2 Å². The predicted molar refractivity (Wildman–Crippen MR) is 79.9 cm³/mol. The molecule has 1 aliphatic rings. The zero-order valence-electron chi connectivity index (χ0n) is 12.7. The van der Waals surface area contributed by atoms with E-state index in [0.29, 0.717) is 17.4 Å². The van der Waals surface area contributed by atoms with Crippen molar-refractivity contribution in [1.82, 2.24) is 10.7 Å². The number of hydrogen-bond donors (Lipinski definition) is 3. The first-order valence-corrected chi connectivity index (χ1v) is 7.43. The molecule has 1 aliphatic carbocycles. The van der Waals surface area contributed by atoms with E-state index in [1.54, 1.807) is 0 Å². The van der Waals surface area contributed by atoms with E-state index >= 15 is 0 Å². The van der Waals surface area contributed by atoms with Gasteiger partial charge in [0, 0.05) is 25.8 Å². The molecule has 112 valence electrons. The van der Waals surface area contributed by atoms with Gasteiger partial charge < -0.3 is 10.1 Å². The number of nitrogens with two attached hydrogens (primary N) is 1. The molecule has 0 spiro atoms. The Hall–Kier alpha value is -0.810. The summed E-state index contributed by atoms with van der Waals surface area (Å²) in [5, 5.41) is 3.41. The zero-order chi connectivity index (χ0) is 14.1. The van der Waals surface area contributed by atoms with Crippen LogP contribution in [0.5, 0.6) is 0 Å². The smallest absolute Gasteiger partial charge is 0.205 e. The van der Waals surface area contributed by atoms with Crippen molar-refractivity contribution in [1.29, 1.82) is 0 Å². The van der Waals surface area contributed by atoms with Crippen LogP contribution in [0, 0.1) is 5.41 Å². The number of nitrogens with one attached hydrogen (secondary N) is 2. The van der Waals surface area contributed by atoms with Gasteiger partial charge in [-0.1, -0.05) is 13.8 Å². The van der Waals surface area contributed by atoms with Gasteiger partial charge in [-0.3, -0.25) is 10.4 Å². The van der Waals surface area contributed by atoms with Gasteiger partial charge in [0.1, 0.15) is 0 Å². The van der Waals surface area contributed by atoms with E-state index in [-0.39, 0.29) is 0 Å². The SMILES string of the molecule is CCOCCCN=C(NN)NC1CCC(C)(C)CC1. The second-order valence-electron chi connectivity index (χ2n) is 6.01. The highest BCUT2D eigenvalue weighted by molar-refractivity contribution is 5.79. The maximum atomic E-state index is 5.51. The van der Waals surface area contributed by atoms with Crippen LogP contribution in [0.4, 0.5) is 0 Å². The number of rotatable bonds is 6. The molecule has 0 amide bonds. The van der Waals surface area contributed by atoms with E-state index < -0.39 is 0 Å². The molecular weight excluding hydrogens is 240 g/mol. The molecule has 0 radical (unpaired) electrons. The molecule has 0 aromatic carbocycles. The number of hydrogen-bond acceptors (Lipinski definition) is 3. The number of ether oxygens (including phenoxy) is 1. The van der Waals surface area contributed by atoms with E-state index in [1.807, 2.05) is 6.92 Å². The Morgan fingerprint density at radius 1 is 1.37 bits per heavy atom. The Labute approximate surface area is 117 Å². The van der Waals surface area contributed by atoms with E-state index in [1.165, 1.54) is 25.7 Å². The Bertz CT molecular complexity index is 269. The average molecular weight is 270 g/mol. The minimum atomic E-state index is 0.489. The molecule has 0 aliphatic heterocycles. The van der Waals surface area contributed by atoms with Crippen LogP contribution < -0.4 is 16.6 Å². The summed E-state index contributed by atoms with van der Waals surface area (Å²) < 4.78 is 5.28. The van der Waals surface area contributed by atoms with Crippen molar-refractivity contribution >= 4 is 5.96 Å². The lowest BCUT2D eigenvalue weighted by atomic mass is 9.76. The van der Waals surface area contributed by atoms with Gasteiger partial charge in [-0.15, -0.1) is 0 Å². The lowest BCUT2D eigenvalue weighted by molar-refractivity contribution is 0.146. The van der Waals surface area contributed by atoms with Gasteiger partial charge in [-0.25, -0.2) is 5.84 Å². The van der Waals surface area contributed by atoms with E-state index in [4.69, 9.17) is 10.6 Å². The molecule has 19 heavy (non-hydrogen) atoms. The van der Waals surface area contributed by atoms with Crippen molar-refractivity contribution in [3.05, 3.63) is 0 Å². The minimum absolute atomic E-state index is 0.489. The summed E-state index contributed by atoms with van der Waals surface area (Å²) in [5.41, 5.74) is 3.15. The molecule has 5 heteroatoms. The Kier molecular flexibility index (Phi) is 7.16. The Morgan fingerprint density at radius 2 is 2.05 bits per heavy atom. The molecule has 1 saturated carbocycles. The topological polar surface area (TPSA) is 71.7 Å². The van der Waals surface area contributed by atoms with Crippen molar-refractivity contribution < 1.29 is 4.74 Å². The normalized spacial score (nSPS) is 20.3. The quantitative estimate of drug-likeness (QED) is 0.226. The molecule has 0 unspecified atom stereocenters. The predicted octanol–water partition coefficient (Wildman–Crippen LogP) is 1.79. The molecular formula is C14H30N4O. The van der Waals surface area contributed by atoms with Crippen LogP contribution in [-0.4, -0.2) is 31.8 Å². The molecule has 0 aromatic rings. The summed E-state index contributed by atoms with van der Waals surface area (Å²) in [5.74, 6) is 6.22. The van der Waals surface area contributed by atoms with Crippen LogP contribution in [0.3, 0.4) is 0 Å². The van der Waals surface area contributed by atoms with Crippen molar-refractivity contribution in [3.8, 4) is 0 Å². The van der Waals surface area contributed by atoms with E-state index in [9.17, 15) is 0 Å². The molecule has 5 nitrogen and oxygen atoms in total. The molecule has 1 fully saturated rings. The molecule has 0 saturated heterocycles. The highest BCUT2D eigenvalue weighted by atomic mass is 16.5. The lowest BCUT2D eigenvalue weighted by Crippen LogP contribution is -2.48. The third-order valence-corrected chi connectivity index (χ3v) is 3.74. The average Bonchev–Trinajstić information content (AvgIpc) is 2.39. The maximum absolute atomic E-state index is 5.51. The van der Waals surface area contributed by atoms with Crippen LogP contribution in [-0.2, 0) is 4.74 Å². The van der Waals surface area contributed by atoms with Crippen LogP contribution >= 0.6 is 0 Å². The summed E-state index contributed by atoms with van der Waals surface area (Å²) >= 11 is 0. The monoisotopic (exact) mass is 270 g/mol. The van der Waals surface area contributed by atoms with Crippen LogP contribution in [0.2, 0.25) is 0 Å². The highest BCUT2D eigenvalue weighted by Crippen LogP contribution is 2.34. The van der Waals surface area contributed by atoms with Gasteiger partial charge in [-0.05, 0) is 44.4 Å². The van der Waals surface area contributed by atoms with E-state index in [2.05, 4.69) is 29.6 Å². The highest BCUT2D eigenvalue weighted by Gasteiger charge is 2.26. The van der Waals surface area contributed by atoms with Gasteiger partial charge in [-0.2, -0.15) is 0 Å². The Balaban J connectivity index is 2.26. The first kappa shape index (κ1) is 16.2. The van der Waals surface area contributed by atoms with Gasteiger partial charge in [0.25, 0.3) is 0 Å². The summed E-state index contributed by atoms with van der Waals surface area (Å²) in [6, 6.07) is 0.495. The summed E-state index contributed by atoms with van der Waals surface area (Å²) in [7, 11) is 0. The largest absolute Gasteiger partial charge is 0.382 e. The molecule has 0 aromatic heterocycles. The number of hydrazine groups is 1. The number of guanidine groups is 1. The molecule has 0 bridgehead atoms. The minimum Gasteiger partial charge on any atom is -0.382 e. The molecule has 1 rings (SSSR count). The number of nitrogens with zero attached hydrogens (tertiary/aromatic N) is 1.